The van der Waals surface area contributed by atoms with Gasteiger partial charge in [-0.15, -0.1) is 0 Å². The molecular weight excluding hydrogens is 170 g/mol. The number of thioether (sulfide) groups is 1. The maximum absolute atomic E-state index is 11.6. The van der Waals surface area contributed by atoms with Gasteiger partial charge >= 0.3 is 0 Å². The zero-order valence-corrected chi connectivity index (χ0v) is 8.03. The van der Waals surface area contributed by atoms with Crippen LogP contribution in [0.1, 0.15) is 19.3 Å². The van der Waals surface area contributed by atoms with Crippen molar-refractivity contribution in [3.63, 3.8) is 0 Å². The van der Waals surface area contributed by atoms with Crippen molar-refractivity contribution in [3.8, 4) is 0 Å². The second-order valence-corrected chi connectivity index (χ2v) is 4.75. The van der Waals surface area contributed by atoms with Crippen LogP contribution in [-0.2, 0) is 4.79 Å². The summed E-state index contributed by atoms with van der Waals surface area (Å²) >= 11 is 1.98. The standard InChI is InChI=1S/C9H15NOS/c11-9-2-1-4-10-8-6-12-5-3-7(8)9/h7-8,10H,1-6H2. The normalized spacial score (nSPS) is 37.2. The topological polar surface area (TPSA) is 29.1 Å². The molecule has 2 fully saturated rings. The number of hydrogen-bond donors (Lipinski definition) is 1. The molecule has 2 aliphatic rings. The molecule has 12 heavy (non-hydrogen) atoms. The van der Waals surface area contributed by atoms with Gasteiger partial charge in [0, 0.05) is 24.1 Å². The van der Waals surface area contributed by atoms with Crippen molar-refractivity contribution in [2.24, 2.45) is 5.92 Å². The third-order valence-electron chi connectivity index (χ3n) is 2.78. The van der Waals surface area contributed by atoms with Crippen molar-refractivity contribution in [3.05, 3.63) is 0 Å². The van der Waals surface area contributed by atoms with Gasteiger partial charge in [-0.25, -0.2) is 0 Å². The van der Waals surface area contributed by atoms with Gasteiger partial charge < -0.3 is 5.32 Å². The largest absolute Gasteiger partial charge is 0.312 e. The Morgan fingerprint density at radius 1 is 1.50 bits per heavy atom. The molecule has 2 atom stereocenters. The third kappa shape index (κ3) is 1.67. The summed E-state index contributed by atoms with van der Waals surface area (Å²) in [5, 5.41) is 3.47. The molecule has 0 amide bonds. The van der Waals surface area contributed by atoms with E-state index in [2.05, 4.69) is 5.32 Å². The van der Waals surface area contributed by atoms with Crippen LogP contribution in [0.25, 0.3) is 0 Å². The third-order valence-corrected chi connectivity index (χ3v) is 3.90. The fourth-order valence-corrected chi connectivity index (χ4v) is 3.25. The zero-order valence-electron chi connectivity index (χ0n) is 7.21. The van der Waals surface area contributed by atoms with Gasteiger partial charge in [0.15, 0.2) is 0 Å². The summed E-state index contributed by atoms with van der Waals surface area (Å²) in [4.78, 5) is 11.6. The van der Waals surface area contributed by atoms with Gasteiger partial charge in [-0.05, 0) is 25.1 Å². The van der Waals surface area contributed by atoms with E-state index in [0.29, 0.717) is 17.7 Å². The lowest BCUT2D eigenvalue weighted by Gasteiger charge is -2.28. The highest BCUT2D eigenvalue weighted by Crippen LogP contribution is 2.26. The van der Waals surface area contributed by atoms with Gasteiger partial charge in [0.2, 0.25) is 0 Å². The maximum atomic E-state index is 11.6. The number of rotatable bonds is 0. The number of nitrogens with one attached hydrogen (secondary N) is 1. The van der Waals surface area contributed by atoms with Crippen LogP contribution in [0.2, 0.25) is 0 Å². The number of Topliss-reactive ketones (excluding diaryl/α,β-unsaturated/α-hetero) is 1. The van der Waals surface area contributed by atoms with Gasteiger partial charge in [-0.2, -0.15) is 11.8 Å². The minimum Gasteiger partial charge on any atom is -0.312 e. The predicted molar refractivity (Wildman–Crippen MR) is 51.5 cm³/mol. The van der Waals surface area contributed by atoms with E-state index >= 15 is 0 Å². The predicted octanol–water partition coefficient (Wildman–Crippen LogP) is 1.06. The Balaban J connectivity index is 2.06. The first-order valence-electron chi connectivity index (χ1n) is 4.72. The van der Waals surface area contributed by atoms with E-state index in [-0.39, 0.29) is 0 Å². The summed E-state index contributed by atoms with van der Waals surface area (Å²) in [5.74, 6) is 3.16. The van der Waals surface area contributed by atoms with Gasteiger partial charge in [0.25, 0.3) is 0 Å². The van der Waals surface area contributed by atoms with Crippen LogP contribution >= 0.6 is 11.8 Å². The van der Waals surface area contributed by atoms with E-state index in [9.17, 15) is 4.79 Å². The molecule has 2 unspecified atom stereocenters. The molecule has 68 valence electrons. The quantitative estimate of drug-likeness (QED) is 0.612. The highest BCUT2D eigenvalue weighted by atomic mass is 32.2. The smallest absolute Gasteiger partial charge is 0.137 e. The van der Waals surface area contributed by atoms with Crippen LogP contribution < -0.4 is 5.32 Å². The van der Waals surface area contributed by atoms with Crippen molar-refractivity contribution < 1.29 is 4.79 Å². The van der Waals surface area contributed by atoms with E-state index in [1.165, 1.54) is 5.75 Å². The lowest BCUT2D eigenvalue weighted by molar-refractivity contribution is -0.123. The highest BCUT2D eigenvalue weighted by molar-refractivity contribution is 7.99. The number of carbonyl (C=O) groups is 1. The van der Waals surface area contributed by atoms with Crippen molar-refractivity contribution in [1.29, 1.82) is 0 Å². The second kappa shape index (κ2) is 3.79. The molecule has 0 aromatic rings. The van der Waals surface area contributed by atoms with Crippen LogP contribution in [-0.4, -0.2) is 29.9 Å². The van der Waals surface area contributed by atoms with Crippen molar-refractivity contribution in [2.45, 2.75) is 25.3 Å². The molecule has 0 spiro atoms. The SMILES string of the molecule is O=C1CCCNC2CSCCC12. The molecule has 0 saturated carbocycles. The molecule has 2 heterocycles. The summed E-state index contributed by atoms with van der Waals surface area (Å²) < 4.78 is 0. The van der Waals surface area contributed by atoms with E-state index < -0.39 is 0 Å². The molecular formula is C9H15NOS. The molecule has 0 aromatic heterocycles. The Labute approximate surface area is 77.5 Å². The average Bonchev–Trinajstić information content (AvgIpc) is 2.29. The number of ketones is 1. The lowest BCUT2D eigenvalue weighted by Crippen LogP contribution is -2.42. The first-order valence-corrected chi connectivity index (χ1v) is 5.87. The summed E-state index contributed by atoms with van der Waals surface area (Å²) in [6, 6.07) is 0.485. The molecule has 2 saturated heterocycles. The van der Waals surface area contributed by atoms with Crippen molar-refractivity contribution in [2.75, 3.05) is 18.1 Å². The minimum atomic E-state index is 0.341. The zero-order chi connectivity index (χ0) is 8.39. The molecule has 3 heteroatoms. The first kappa shape index (κ1) is 8.57. The summed E-state index contributed by atoms with van der Waals surface area (Å²) in [5.41, 5.74) is 0. The van der Waals surface area contributed by atoms with Crippen LogP contribution in [0.5, 0.6) is 0 Å². The summed E-state index contributed by atoms with van der Waals surface area (Å²) in [7, 11) is 0. The average molecular weight is 185 g/mol. The highest BCUT2D eigenvalue weighted by Gasteiger charge is 2.31. The van der Waals surface area contributed by atoms with Crippen LogP contribution in [0, 0.1) is 5.92 Å². The number of hydrogen-bond acceptors (Lipinski definition) is 3. The molecule has 2 nitrogen and oxygen atoms in total. The minimum absolute atomic E-state index is 0.341. The molecule has 0 radical (unpaired) electrons. The van der Waals surface area contributed by atoms with Crippen molar-refractivity contribution in [1.82, 2.24) is 5.32 Å². The molecule has 2 aliphatic heterocycles. The van der Waals surface area contributed by atoms with Gasteiger partial charge in [0.05, 0.1) is 0 Å². The Hall–Kier alpha value is -0.0200. The van der Waals surface area contributed by atoms with Gasteiger partial charge in [0.1, 0.15) is 5.78 Å². The van der Waals surface area contributed by atoms with E-state index in [1.54, 1.807) is 0 Å². The molecule has 1 N–H and O–H groups in total. The Morgan fingerprint density at radius 3 is 3.33 bits per heavy atom. The van der Waals surface area contributed by atoms with Crippen LogP contribution in [0.15, 0.2) is 0 Å². The molecule has 0 bridgehead atoms. The van der Waals surface area contributed by atoms with E-state index in [1.807, 2.05) is 11.8 Å². The summed E-state index contributed by atoms with van der Waals surface area (Å²) in [6.45, 7) is 1.04. The fourth-order valence-electron chi connectivity index (χ4n) is 2.06. The Bertz CT molecular complexity index is 183. The summed E-state index contributed by atoms with van der Waals surface area (Å²) in [6.07, 6.45) is 2.94. The number of carbonyl (C=O) groups excluding carboxylic acids is 1. The molecule has 2 rings (SSSR count). The van der Waals surface area contributed by atoms with Crippen LogP contribution in [0.3, 0.4) is 0 Å². The lowest BCUT2D eigenvalue weighted by atomic mass is 9.92. The van der Waals surface area contributed by atoms with Gasteiger partial charge in [-0.1, -0.05) is 0 Å². The van der Waals surface area contributed by atoms with Crippen LogP contribution in [0.4, 0.5) is 0 Å². The van der Waals surface area contributed by atoms with E-state index in [4.69, 9.17) is 0 Å². The monoisotopic (exact) mass is 185 g/mol. The maximum Gasteiger partial charge on any atom is 0.137 e. The van der Waals surface area contributed by atoms with Gasteiger partial charge in [-0.3, -0.25) is 4.79 Å². The first-order chi connectivity index (χ1) is 5.88. The second-order valence-electron chi connectivity index (χ2n) is 3.60. The Kier molecular flexibility index (Phi) is 2.71. The van der Waals surface area contributed by atoms with Crippen molar-refractivity contribution >= 4 is 17.5 Å². The number of fused-ring (bicyclic) bond motifs is 1. The molecule has 0 aromatic carbocycles. The molecule has 0 aliphatic carbocycles. The fraction of sp³-hybridized carbons (Fsp3) is 0.889. The Morgan fingerprint density at radius 2 is 2.42 bits per heavy atom. The van der Waals surface area contributed by atoms with E-state index in [0.717, 1.165) is 31.6 Å².